The van der Waals surface area contributed by atoms with Gasteiger partial charge in [-0.05, 0) is 116 Å². The lowest BCUT2D eigenvalue weighted by atomic mass is 9.45. The summed E-state index contributed by atoms with van der Waals surface area (Å²) in [5.41, 5.74) is 3.36. The number of fused-ring (bicyclic) bond motifs is 5. The van der Waals surface area contributed by atoms with Crippen LogP contribution in [0.15, 0.2) is 42.0 Å². The Morgan fingerprint density at radius 1 is 0.973 bits per heavy atom. The summed E-state index contributed by atoms with van der Waals surface area (Å²) in [6, 6.07) is 9.53. The van der Waals surface area contributed by atoms with Gasteiger partial charge in [-0.1, -0.05) is 84.2 Å². The van der Waals surface area contributed by atoms with Crippen LogP contribution in [0.1, 0.15) is 116 Å². The van der Waals surface area contributed by atoms with Crippen molar-refractivity contribution in [2.45, 2.75) is 112 Å². The molecule has 4 aliphatic rings. The van der Waals surface area contributed by atoms with Gasteiger partial charge in [-0.25, -0.2) is 4.79 Å². The molecule has 2 heteroatoms. The molecule has 0 spiro atoms. The van der Waals surface area contributed by atoms with Gasteiger partial charge in [-0.2, -0.15) is 0 Å². The van der Waals surface area contributed by atoms with Crippen molar-refractivity contribution >= 4 is 5.97 Å². The van der Waals surface area contributed by atoms with Crippen molar-refractivity contribution in [2.24, 2.45) is 52.3 Å². The zero-order chi connectivity index (χ0) is 26.4. The molecular formula is C35H52O2. The van der Waals surface area contributed by atoms with Crippen molar-refractivity contribution in [3.8, 4) is 0 Å². The highest BCUT2D eigenvalue weighted by Gasteiger charge is 2.58. The molecule has 0 radical (unpaired) electrons. The highest BCUT2D eigenvalue weighted by Crippen LogP contribution is 2.66. The second-order valence-electron chi connectivity index (χ2n) is 14.4. The molecular weight excluding hydrogens is 452 g/mol. The summed E-state index contributed by atoms with van der Waals surface area (Å²) in [4.78, 5) is 12.7. The van der Waals surface area contributed by atoms with Crippen LogP contribution in [0.2, 0.25) is 0 Å². The van der Waals surface area contributed by atoms with Gasteiger partial charge in [0.1, 0.15) is 6.10 Å². The molecule has 1 aromatic rings. The third-order valence-electron chi connectivity index (χ3n) is 12.3. The summed E-state index contributed by atoms with van der Waals surface area (Å²) < 4.78 is 6.04. The number of ether oxygens (including phenoxy) is 1. The van der Waals surface area contributed by atoms with E-state index in [2.05, 4.69) is 47.6 Å². The SMILES string of the molecule is CC(C)C(C)CCC(C)C1CC=C2C3CCC4CC(OC(=O)c5ccccc5)CCC4(C)C3CCC21C. The second kappa shape index (κ2) is 10.5. The number of hydrogen-bond donors (Lipinski definition) is 0. The summed E-state index contributed by atoms with van der Waals surface area (Å²) in [6.07, 6.45) is 15.6. The van der Waals surface area contributed by atoms with Crippen LogP contribution in [0.5, 0.6) is 0 Å². The lowest BCUT2D eigenvalue weighted by molar-refractivity contribution is -0.0900. The summed E-state index contributed by atoms with van der Waals surface area (Å²) in [7, 11) is 0. The van der Waals surface area contributed by atoms with Crippen molar-refractivity contribution in [1.82, 2.24) is 0 Å². The molecule has 0 aliphatic heterocycles. The Bertz CT molecular complexity index is 978. The van der Waals surface area contributed by atoms with Crippen molar-refractivity contribution in [1.29, 1.82) is 0 Å². The number of allylic oxidation sites excluding steroid dienone is 2. The Hall–Kier alpha value is -1.57. The molecule has 204 valence electrons. The van der Waals surface area contributed by atoms with Crippen LogP contribution in [0, 0.1) is 52.3 Å². The Kier molecular flexibility index (Phi) is 7.69. The van der Waals surface area contributed by atoms with Crippen LogP contribution < -0.4 is 0 Å². The number of hydrogen-bond acceptors (Lipinski definition) is 2. The molecule has 0 N–H and O–H groups in total. The molecule has 2 nitrogen and oxygen atoms in total. The Balaban J connectivity index is 1.23. The fourth-order valence-corrected chi connectivity index (χ4v) is 9.40. The van der Waals surface area contributed by atoms with Crippen LogP contribution in [-0.4, -0.2) is 12.1 Å². The average Bonchev–Trinajstić information content (AvgIpc) is 3.25. The first kappa shape index (κ1) is 27.0. The molecule has 1 aromatic carbocycles. The average molecular weight is 505 g/mol. The lowest BCUT2D eigenvalue weighted by Crippen LogP contribution is -2.52. The van der Waals surface area contributed by atoms with E-state index in [-0.39, 0.29) is 12.1 Å². The summed E-state index contributed by atoms with van der Waals surface area (Å²) in [6.45, 7) is 15.0. The smallest absolute Gasteiger partial charge is 0.338 e. The maximum atomic E-state index is 12.7. The van der Waals surface area contributed by atoms with E-state index in [0.29, 0.717) is 22.3 Å². The van der Waals surface area contributed by atoms with Crippen LogP contribution in [0.25, 0.3) is 0 Å². The minimum absolute atomic E-state index is 0.0837. The van der Waals surface area contributed by atoms with Crippen LogP contribution >= 0.6 is 0 Å². The molecule has 4 aliphatic carbocycles. The van der Waals surface area contributed by atoms with Crippen molar-refractivity contribution in [2.75, 3.05) is 0 Å². The molecule has 9 unspecified atom stereocenters. The minimum atomic E-state index is -0.143. The predicted octanol–water partition coefficient (Wildman–Crippen LogP) is 9.50. The first-order chi connectivity index (χ1) is 17.6. The van der Waals surface area contributed by atoms with Gasteiger partial charge in [-0.15, -0.1) is 0 Å². The quantitative estimate of drug-likeness (QED) is 0.273. The van der Waals surface area contributed by atoms with Gasteiger partial charge in [0.15, 0.2) is 0 Å². The Labute approximate surface area is 227 Å². The van der Waals surface area contributed by atoms with Gasteiger partial charge >= 0.3 is 5.97 Å². The highest BCUT2D eigenvalue weighted by atomic mass is 16.5. The Morgan fingerprint density at radius 2 is 1.73 bits per heavy atom. The zero-order valence-electron chi connectivity index (χ0n) is 24.5. The van der Waals surface area contributed by atoms with E-state index < -0.39 is 0 Å². The van der Waals surface area contributed by atoms with Crippen LogP contribution in [0.3, 0.4) is 0 Å². The minimum Gasteiger partial charge on any atom is -0.459 e. The molecule has 37 heavy (non-hydrogen) atoms. The fraction of sp³-hybridized carbons (Fsp3) is 0.743. The van der Waals surface area contributed by atoms with E-state index in [1.165, 1.54) is 51.4 Å². The molecule has 0 saturated heterocycles. The van der Waals surface area contributed by atoms with Gasteiger partial charge in [0.05, 0.1) is 5.56 Å². The first-order valence-corrected chi connectivity index (χ1v) is 15.6. The van der Waals surface area contributed by atoms with Gasteiger partial charge in [-0.3, -0.25) is 0 Å². The number of benzene rings is 1. The molecule has 3 saturated carbocycles. The normalized spacial score (nSPS) is 38.7. The highest BCUT2D eigenvalue weighted by molar-refractivity contribution is 5.89. The first-order valence-electron chi connectivity index (χ1n) is 15.6. The molecule has 5 rings (SSSR count). The van der Waals surface area contributed by atoms with Crippen molar-refractivity contribution in [3.05, 3.63) is 47.5 Å². The molecule has 0 amide bonds. The molecule has 0 bridgehead atoms. The predicted molar refractivity (Wildman–Crippen MR) is 153 cm³/mol. The molecule has 0 aromatic heterocycles. The van der Waals surface area contributed by atoms with E-state index in [1.807, 2.05) is 35.9 Å². The van der Waals surface area contributed by atoms with Crippen LogP contribution in [-0.2, 0) is 4.74 Å². The standard InChI is InChI=1S/C35H52O2/c1-23(2)24(3)12-13-25(4)30-16-17-31-29-15-14-27-22-28(37-33(36)26-10-8-7-9-11-26)18-20-34(27,5)32(29)19-21-35(30,31)6/h7-11,17,23-25,27-30,32H,12-16,18-22H2,1-6H3. The maximum absolute atomic E-state index is 12.7. The largest absolute Gasteiger partial charge is 0.459 e. The number of carbonyl (C=O) groups excluding carboxylic acids is 1. The fourth-order valence-electron chi connectivity index (χ4n) is 9.40. The molecule has 9 atom stereocenters. The van der Waals surface area contributed by atoms with E-state index >= 15 is 0 Å². The summed E-state index contributed by atoms with van der Waals surface area (Å²) >= 11 is 0. The summed E-state index contributed by atoms with van der Waals surface area (Å²) in [5, 5.41) is 0. The maximum Gasteiger partial charge on any atom is 0.338 e. The molecule has 3 fully saturated rings. The van der Waals surface area contributed by atoms with Gasteiger partial charge < -0.3 is 4.74 Å². The van der Waals surface area contributed by atoms with Crippen molar-refractivity contribution in [3.63, 3.8) is 0 Å². The zero-order valence-corrected chi connectivity index (χ0v) is 24.5. The Morgan fingerprint density at radius 3 is 2.46 bits per heavy atom. The van der Waals surface area contributed by atoms with E-state index in [4.69, 9.17) is 4.74 Å². The van der Waals surface area contributed by atoms with Gasteiger partial charge in [0.2, 0.25) is 0 Å². The third kappa shape index (κ3) is 4.96. The van der Waals surface area contributed by atoms with Crippen LogP contribution in [0.4, 0.5) is 0 Å². The summed E-state index contributed by atoms with van der Waals surface area (Å²) in [5.74, 6) is 5.42. The van der Waals surface area contributed by atoms with E-state index in [9.17, 15) is 4.79 Å². The van der Waals surface area contributed by atoms with Crippen molar-refractivity contribution < 1.29 is 9.53 Å². The van der Waals surface area contributed by atoms with Gasteiger partial charge in [0, 0.05) is 0 Å². The third-order valence-corrected chi connectivity index (χ3v) is 12.3. The molecule has 0 heterocycles. The van der Waals surface area contributed by atoms with E-state index in [1.54, 1.807) is 0 Å². The number of esters is 1. The lowest BCUT2D eigenvalue weighted by Gasteiger charge is -2.60. The number of rotatable bonds is 7. The van der Waals surface area contributed by atoms with Gasteiger partial charge in [0.25, 0.3) is 0 Å². The monoisotopic (exact) mass is 504 g/mol. The topological polar surface area (TPSA) is 26.3 Å². The van der Waals surface area contributed by atoms with E-state index in [0.717, 1.165) is 48.3 Å². The number of carbonyl (C=O) groups is 1. The second-order valence-corrected chi connectivity index (χ2v) is 14.4.